The van der Waals surface area contributed by atoms with E-state index in [4.69, 9.17) is 4.74 Å². The Morgan fingerprint density at radius 1 is 1.18 bits per heavy atom. The van der Waals surface area contributed by atoms with Crippen molar-refractivity contribution in [1.29, 1.82) is 0 Å². The molecule has 0 spiro atoms. The summed E-state index contributed by atoms with van der Waals surface area (Å²) in [5, 5.41) is 0. The Morgan fingerprint density at radius 2 is 1.77 bits per heavy atom. The molecule has 0 aromatic heterocycles. The van der Waals surface area contributed by atoms with Gasteiger partial charge < -0.3 is 4.74 Å². The van der Waals surface area contributed by atoms with E-state index in [1.807, 2.05) is 13.8 Å². The van der Waals surface area contributed by atoms with Gasteiger partial charge in [0.2, 0.25) is 0 Å². The highest BCUT2D eigenvalue weighted by atomic mass is 16.5. The van der Waals surface area contributed by atoms with Gasteiger partial charge in [-0.05, 0) is 63.0 Å². The predicted octanol–water partition coefficient (Wildman–Crippen LogP) is 6.07. The first-order valence-electron chi connectivity index (χ1n) is 8.58. The van der Waals surface area contributed by atoms with Crippen LogP contribution in [-0.4, -0.2) is 12.6 Å². The molecule has 0 bridgehead atoms. The van der Waals surface area contributed by atoms with Crippen LogP contribution in [0.3, 0.4) is 0 Å². The minimum absolute atomic E-state index is 0.245. The molecule has 0 aromatic rings. The molecule has 0 saturated carbocycles. The number of hydrogen-bond donors (Lipinski definition) is 0. The number of carbonyl (C=O) groups excluding carboxylic acids is 1. The van der Waals surface area contributed by atoms with Gasteiger partial charge in [-0.2, -0.15) is 0 Å². The van der Waals surface area contributed by atoms with E-state index in [0.717, 1.165) is 12.0 Å². The molecule has 0 aliphatic rings. The lowest BCUT2D eigenvalue weighted by Gasteiger charge is -2.20. The molecule has 2 heteroatoms. The van der Waals surface area contributed by atoms with Gasteiger partial charge in [0.1, 0.15) is 0 Å². The summed E-state index contributed by atoms with van der Waals surface area (Å²) >= 11 is 0. The average molecular weight is 309 g/mol. The van der Waals surface area contributed by atoms with Gasteiger partial charge in [-0.15, -0.1) is 0 Å². The number of carbonyl (C=O) groups is 1. The summed E-state index contributed by atoms with van der Waals surface area (Å²) in [5.74, 6) is 0.443. The van der Waals surface area contributed by atoms with Crippen LogP contribution >= 0.6 is 0 Å². The molecule has 0 amide bonds. The van der Waals surface area contributed by atoms with Crippen molar-refractivity contribution in [2.75, 3.05) is 6.61 Å². The topological polar surface area (TPSA) is 26.3 Å². The third kappa shape index (κ3) is 9.81. The lowest BCUT2D eigenvalue weighted by atomic mass is 9.86. The molecule has 1 unspecified atom stereocenters. The molecular formula is C20H36O2. The van der Waals surface area contributed by atoms with Crippen LogP contribution in [0.15, 0.2) is 22.8 Å². The monoisotopic (exact) mass is 308 g/mol. The molecule has 2 nitrogen and oxygen atoms in total. The molecule has 0 saturated heterocycles. The molecule has 0 radical (unpaired) electrons. The van der Waals surface area contributed by atoms with E-state index >= 15 is 0 Å². The lowest BCUT2D eigenvalue weighted by Crippen LogP contribution is -2.06. The van der Waals surface area contributed by atoms with Crippen LogP contribution in [0.2, 0.25) is 0 Å². The molecule has 1 atom stereocenters. The van der Waals surface area contributed by atoms with Crippen LogP contribution in [0.25, 0.3) is 0 Å². The summed E-state index contributed by atoms with van der Waals surface area (Å²) in [6.07, 6.45) is 6.54. The summed E-state index contributed by atoms with van der Waals surface area (Å²) in [4.78, 5) is 11.5. The number of rotatable bonds is 8. The first-order chi connectivity index (χ1) is 10.1. The van der Waals surface area contributed by atoms with Gasteiger partial charge in [-0.1, -0.05) is 46.1 Å². The Hall–Kier alpha value is -1.05. The third-order valence-electron chi connectivity index (χ3n) is 4.13. The summed E-state index contributed by atoms with van der Waals surface area (Å²) in [5.41, 5.74) is 4.04. The zero-order valence-corrected chi connectivity index (χ0v) is 16.0. The van der Waals surface area contributed by atoms with Gasteiger partial charge in [-0.3, -0.25) is 0 Å². The second kappa shape index (κ2) is 9.86. The highest BCUT2D eigenvalue weighted by molar-refractivity contribution is 5.83. The largest absolute Gasteiger partial charge is 0.463 e. The Morgan fingerprint density at radius 3 is 2.27 bits per heavy atom. The van der Waals surface area contributed by atoms with Crippen molar-refractivity contribution in [1.82, 2.24) is 0 Å². The standard InChI is InChI=1S/C20H36O2/c1-9-22-19(21)14-17(4)18(5)16(3)13-15(2)11-10-12-20(6,7)8/h14-15H,9-13H2,1-8H3. The van der Waals surface area contributed by atoms with Crippen molar-refractivity contribution in [2.45, 2.75) is 81.1 Å². The van der Waals surface area contributed by atoms with Gasteiger partial charge in [0, 0.05) is 6.08 Å². The molecule has 0 aliphatic heterocycles. The maximum atomic E-state index is 11.5. The fourth-order valence-electron chi connectivity index (χ4n) is 2.56. The molecule has 128 valence electrons. The van der Waals surface area contributed by atoms with Crippen LogP contribution < -0.4 is 0 Å². The fourth-order valence-corrected chi connectivity index (χ4v) is 2.56. The van der Waals surface area contributed by atoms with Crippen molar-refractivity contribution in [3.8, 4) is 0 Å². The molecule has 0 aromatic carbocycles. The van der Waals surface area contributed by atoms with Crippen LogP contribution in [-0.2, 0) is 9.53 Å². The maximum absolute atomic E-state index is 11.5. The molecule has 0 rings (SSSR count). The van der Waals surface area contributed by atoms with Crippen molar-refractivity contribution in [2.24, 2.45) is 11.3 Å². The van der Waals surface area contributed by atoms with Crippen molar-refractivity contribution < 1.29 is 9.53 Å². The molecule has 0 heterocycles. The minimum atomic E-state index is -0.245. The summed E-state index contributed by atoms with van der Waals surface area (Å²) in [6.45, 7) is 17.7. The quantitative estimate of drug-likeness (QED) is 0.309. The Kier molecular flexibility index (Phi) is 9.39. The fraction of sp³-hybridized carbons (Fsp3) is 0.750. The highest BCUT2D eigenvalue weighted by Gasteiger charge is 2.12. The van der Waals surface area contributed by atoms with Gasteiger partial charge >= 0.3 is 5.97 Å². The van der Waals surface area contributed by atoms with E-state index in [2.05, 4.69) is 41.5 Å². The molecule has 0 fully saturated rings. The van der Waals surface area contributed by atoms with Crippen molar-refractivity contribution in [3.05, 3.63) is 22.8 Å². The zero-order chi connectivity index (χ0) is 17.3. The molecule has 22 heavy (non-hydrogen) atoms. The number of hydrogen-bond acceptors (Lipinski definition) is 2. The molecular weight excluding hydrogens is 272 g/mol. The van der Waals surface area contributed by atoms with E-state index in [-0.39, 0.29) is 5.97 Å². The number of allylic oxidation sites excluding steroid dienone is 3. The van der Waals surface area contributed by atoms with E-state index in [9.17, 15) is 4.79 Å². The summed E-state index contributed by atoms with van der Waals surface area (Å²) in [6, 6.07) is 0. The first-order valence-corrected chi connectivity index (χ1v) is 8.58. The molecule has 0 N–H and O–H groups in total. The van der Waals surface area contributed by atoms with Gasteiger partial charge in [0.25, 0.3) is 0 Å². The SMILES string of the molecule is CCOC(=O)C=C(C)C(C)=C(C)CC(C)CCCC(C)(C)C. The average Bonchev–Trinajstić information content (AvgIpc) is 2.36. The maximum Gasteiger partial charge on any atom is 0.331 e. The van der Waals surface area contributed by atoms with E-state index in [1.54, 1.807) is 6.08 Å². The normalized spacial score (nSPS) is 15.4. The van der Waals surface area contributed by atoms with E-state index in [1.165, 1.54) is 30.4 Å². The Bertz CT molecular complexity index is 408. The third-order valence-corrected chi connectivity index (χ3v) is 4.13. The summed E-state index contributed by atoms with van der Waals surface area (Å²) < 4.78 is 4.97. The van der Waals surface area contributed by atoms with Gasteiger partial charge in [0.15, 0.2) is 0 Å². The second-order valence-electron chi connectivity index (χ2n) is 7.75. The van der Waals surface area contributed by atoms with Crippen LogP contribution in [0.1, 0.15) is 81.1 Å². The predicted molar refractivity (Wildman–Crippen MR) is 95.9 cm³/mol. The minimum Gasteiger partial charge on any atom is -0.463 e. The van der Waals surface area contributed by atoms with Gasteiger partial charge in [-0.25, -0.2) is 4.79 Å². The van der Waals surface area contributed by atoms with Crippen LogP contribution in [0, 0.1) is 11.3 Å². The van der Waals surface area contributed by atoms with Crippen molar-refractivity contribution >= 4 is 5.97 Å². The number of esters is 1. The Balaban J connectivity index is 4.53. The first kappa shape index (κ1) is 20.9. The van der Waals surface area contributed by atoms with Crippen LogP contribution in [0.4, 0.5) is 0 Å². The number of ether oxygens (including phenoxy) is 1. The Labute approximate surface area is 138 Å². The summed E-state index contributed by atoms with van der Waals surface area (Å²) in [7, 11) is 0. The highest BCUT2D eigenvalue weighted by Crippen LogP contribution is 2.26. The molecule has 0 aliphatic carbocycles. The van der Waals surface area contributed by atoms with E-state index in [0.29, 0.717) is 17.9 Å². The van der Waals surface area contributed by atoms with Crippen LogP contribution in [0.5, 0.6) is 0 Å². The van der Waals surface area contributed by atoms with Crippen molar-refractivity contribution in [3.63, 3.8) is 0 Å². The van der Waals surface area contributed by atoms with Gasteiger partial charge in [0.05, 0.1) is 6.61 Å². The second-order valence-corrected chi connectivity index (χ2v) is 7.75. The lowest BCUT2D eigenvalue weighted by molar-refractivity contribution is -0.137. The zero-order valence-electron chi connectivity index (χ0n) is 16.0. The van der Waals surface area contributed by atoms with E-state index < -0.39 is 0 Å². The smallest absolute Gasteiger partial charge is 0.331 e.